The summed E-state index contributed by atoms with van der Waals surface area (Å²) in [7, 11) is -2.97. The molecular weight excluding hydrogens is 459 g/mol. The largest absolute Gasteiger partial charge is 0.497 e. The molecule has 1 saturated carbocycles. The molecule has 0 saturated heterocycles. The van der Waals surface area contributed by atoms with Crippen molar-refractivity contribution in [2.45, 2.75) is 49.3 Å². The maximum absolute atomic E-state index is 12.8. The highest BCUT2D eigenvalue weighted by Crippen LogP contribution is 2.42. The minimum absolute atomic E-state index is 0.108. The first-order valence-corrected chi connectivity index (χ1v) is 11.6. The van der Waals surface area contributed by atoms with Gasteiger partial charge in [-0.05, 0) is 44.4 Å². The van der Waals surface area contributed by atoms with E-state index >= 15 is 0 Å². The lowest BCUT2D eigenvalue weighted by Crippen LogP contribution is -2.43. The second-order valence-electron chi connectivity index (χ2n) is 7.80. The molecule has 0 amide bonds. The van der Waals surface area contributed by atoms with E-state index in [2.05, 4.69) is 16.0 Å². The van der Waals surface area contributed by atoms with Crippen molar-refractivity contribution in [1.29, 1.82) is 5.26 Å². The summed E-state index contributed by atoms with van der Waals surface area (Å²) in [6, 6.07) is 5.41. The molecule has 12 heteroatoms. The number of hydrogen-bond donors (Lipinski definition) is 1. The third kappa shape index (κ3) is 4.14. The van der Waals surface area contributed by atoms with Crippen LogP contribution in [0.15, 0.2) is 35.5 Å². The summed E-state index contributed by atoms with van der Waals surface area (Å²) >= 11 is 0. The van der Waals surface area contributed by atoms with E-state index in [0.29, 0.717) is 29.3 Å². The van der Waals surface area contributed by atoms with Crippen LogP contribution in [0.4, 0.5) is 13.2 Å². The minimum Gasteiger partial charge on any atom is -0.497 e. The molecule has 8 nitrogen and oxygen atoms in total. The molecule has 174 valence electrons. The highest BCUT2D eigenvalue weighted by atomic mass is 32.2. The summed E-state index contributed by atoms with van der Waals surface area (Å²) in [5, 5.41) is 10.6. The molecule has 1 fully saturated rings. The van der Waals surface area contributed by atoms with Crippen LogP contribution in [0.25, 0.3) is 22.4 Å². The third-order valence-corrected chi connectivity index (χ3v) is 7.23. The number of methoxy groups -OCH3 is 1. The van der Waals surface area contributed by atoms with Crippen LogP contribution in [-0.4, -0.2) is 42.3 Å². The molecular formula is C21H20F3N5O3S. The Hall–Kier alpha value is -3.17. The van der Waals surface area contributed by atoms with E-state index < -0.39 is 27.1 Å². The van der Waals surface area contributed by atoms with Crippen molar-refractivity contribution in [2.75, 3.05) is 7.11 Å². The molecule has 1 atom stereocenters. The summed E-state index contributed by atoms with van der Waals surface area (Å²) in [4.78, 5) is 7.73. The molecule has 2 aromatic heterocycles. The molecule has 4 rings (SSSR count). The Morgan fingerprint density at radius 2 is 1.94 bits per heavy atom. The monoisotopic (exact) mass is 479 g/mol. The van der Waals surface area contributed by atoms with Gasteiger partial charge in [0.15, 0.2) is 5.82 Å². The van der Waals surface area contributed by atoms with Crippen LogP contribution < -0.4 is 9.46 Å². The Morgan fingerprint density at radius 3 is 2.45 bits per heavy atom. The first-order valence-electron chi connectivity index (χ1n) is 10.1. The van der Waals surface area contributed by atoms with Gasteiger partial charge in [-0.25, -0.2) is 18.4 Å². The predicted molar refractivity (Wildman–Crippen MR) is 113 cm³/mol. The summed E-state index contributed by atoms with van der Waals surface area (Å²) in [6.07, 6.45) is -0.0153. The maximum atomic E-state index is 12.8. The van der Waals surface area contributed by atoms with Gasteiger partial charge in [0, 0.05) is 11.4 Å². The normalized spacial score (nSPS) is 15.8. The molecule has 0 bridgehead atoms. The van der Waals surface area contributed by atoms with Crippen LogP contribution in [0.2, 0.25) is 0 Å². The number of nitriles is 1. The number of sulfonamides is 1. The van der Waals surface area contributed by atoms with Crippen molar-refractivity contribution in [2.24, 2.45) is 0 Å². The lowest BCUT2D eigenvalue weighted by atomic mass is 9.92. The van der Waals surface area contributed by atoms with Crippen molar-refractivity contribution in [1.82, 2.24) is 19.3 Å². The zero-order valence-corrected chi connectivity index (χ0v) is 18.5. The highest BCUT2D eigenvalue weighted by molar-refractivity contribution is 7.89. The Balaban J connectivity index is 1.80. The van der Waals surface area contributed by atoms with Crippen molar-refractivity contribution in [3.05, 3.63) is 36.2 Å². The van der Waals surface area contributed by atoms with E-state index in [1.807, 2.05) is 10.6 Å². The Labute approximate surface area is 188 Å². The van der Waals surface area contributed by atoms with Crippen LogP contribution >= 0.6 is 0 Å². The molecule has 33 heavy (non-hydrogen) atoms. The quantitative estimate of drug-likeness (QED) is 0.574. The van der Waals surface area contributed by atoms with Crippen molar-refractivity contribution in [3.63, 3.8) is 0 Å². The van der Waals surface area contributed by atoms with Gasteiger partial charge in [0.05, 0.1) is 30.6 Å². The summed E-state index contributed by atoms with van der Waals surface area (Å²) in [5.74, 6) is 0.681. The smallest absolute Gasteiger partial charge is 0.404 e. The average molecular weight is 479 g/mol. The fourth-order valence-corrected chi connectivity index (χ4v) is 4.84. The van der Waals surface area contributed by atoms with Gasteiger partial charge in [-0.2, -0.15) is 23.2 Å². The Morgan fingerprint density at radius 1 is 1.27 bits per heavy atom. The van der Waals surface area contributed by atoms with Crippen LogP contribution in [0.1, 0.15) is 37.8 Å². The Kier molecular flexibility index (Phi) is 5.79. The van der Waals surface area contributed by atoms with Gasteiger partial charge >= 0.3 is 6.18 Å². The molecule has 2 heterocycles. The lowest BCUT2D eigenvalue weighted by molar-refractivity contribution is -0.147. The lowest BCUT2D eigenvalue weighted by Gasteiger charge is -2.29. The third-order valence-electron chi connectivity index (χ3n) is 5.74. The summed E-state index contributed by atoms with van der Waals surface area (Å²) in [6.45, 7) is 0.706. The maximum Gasteiger partial charge on any atom is 0.404 e. The fourth-order valence-electron chi connectivity index (χ4n) is 3.72. The molecule has 1 aromatic carbocycles. The van der Waals surface area contributed by atoms with Crippen LogP contribution in [-0.2, 0) is 10.0 Å². The number of benzene rings is 1. The minimum atomic E-state index is -4.74. The molecule has 0 spiro atoms. The van der Waals surface area contributed by atoms with E-state index in [0.717, 1.165) is 37.2 Å². The van der Waals surface area contributed by atoms with E-state index in [4.69, 9.17) is 4.74 Å². The zero-order valence-electron chi connectivity index (χ0n) is 17.7. The predicted octanol–water partition coefficient (Wildman–Crippen LogP) is 3.93. The number of hydrogen-bond acceptors (Lipinski definition) is 6. The zero-order chi connectivity index (χ0) is 24.0. The van der Waals surface area contributed by atoms with Gasteiger partial charge in [-0.3, -0.25) is 0 Å². The second-order valence-corrected chi connectivity index (χ2v) is 9.51. The number of fused-ring (bicyclic) bond motifs is 1. The SMILES string of the molecule is COc1ccc2c(c1)c(C#N)c(-c1ncc(S(=O)(=O)NC(C)C(F)(F)F)cn1)n2C1CCC1. The molecule has 1 aliphatic rings. The van der Waals surface area contributed by atoms with Crippen LogP contribution in [0, 0.1) is 11.3 Å². The molecule has 3 aromatic rings. The molecule has 0 aliphatic heterocycles. The van der Waals surface area contributed by atoms with Gasteiger partial charge in [0.25, 0.3) is 0 Å². The number of rotatable bonds is 6. The van der Waals surface area contributed by atoms with E-state index in [9.17, 15) is 26.9 Å². The van der Waals surface area contributed by atoms with E-state index in [1.54, 1.807) is 16.9 Å². The number of nitrogens with one attached hydrogen (secondary N) is 1. The summed E-state index contributed by atoms with van der Waals surface area (Å²) < 4.78 is 71.8. The van der Waals surface area contributed by atoms with Gasteiger partial charge in [0.1, 0.15) is 28.4 Å². The van der Waals surface area contributed by atoms with Crippen LogP contribution in [0.3, 0.4) is 0 Å². The van der Waals surface area contributed by atoms with E-state index in [-0.39, 0.29) is 11.9 Å². The summed E-state index contributed by atoms with van der Waals surface area (Å²) in [5.41, 5.74) is 1.55. The topological polar surface area (TPSA) is 110 Å². The fraction of sp³-hybridized carbons (Fsp3) is 0.381. The number of nitrogens with zero attached hydrogens (tertiary/aromatic N) is 4. The number of ether oxygens (including phenoxy) is 1. The first kappa shape index (κ1) is 23.0. The second kappa shape index (κ2) is 8.31. The van der Waals surface area contributed by atoms with Gasteiger partial charge in [-0.15, -0.1) is 0 Å². The number of halogens is 3. The molecule has 0 radical (unpaired) electrons. The number of aromatic nitrogens is 3. The van der Waals surface area contributed by atoms with Gasteiger partial charge < -0.3 is 9.30 Å². The first-order chi connectivity index (χ1) is 15.6. The van der Waals surface area contributed by atoms with Crippen molar-refractivity contribution >= 4 is 20.9 Å². The number of alkyl halides is 3. The van der Waals surface area contributed by atoms with Crippen molar-refractivity contribution in [3.8, 4) is 23.3 Å². The molecule has 1 N–H and O–H groups in total. The highest BCUT2D eigenvalue weighted by Gasteiger charge is 2.39. The average Bonchev–Trinajstić information content (AvgIpc) is 3.04. The molecule has 1 aliphatic carbocycles. The van der Waals surface area contributed by atoms with Gasteiger partial charge in [-0.1, -0.05) is 0 Å². The van der Waals surface area contributed by atoms with E-state index in [1.165, 1.54) is 7.11 Å². The van der Waals surface area contributed by atoms with Crippen LogP contribution in [0.5, 0.6) is 5.75 Å². The Bertz CT molecular complexity index is 1340. The van der Waals surface area contributed by atoms with Crippen molar-refractivity contribution < 1.29 is 26.3 Å². The molecule has 1 unspecified atom stereocenters. The van der Waals surface area contributed by atoms with Gasteiger partial charge in [0.2, 0.25) is 10.0 Å². The standard InChI is InChI=1S/C21H20F3N5O3S/c1-12(21(22,23)24)28-33(30,31)15-10-26-20(27-11-15)19-17(9-25)16-8-14(32-2)6-7-18(16)29(19)13-4-3-5-13/h6-8,10-13,28H,3-5H2,1-2H3.